The van der Waals surface area contributed by atoms with E-state index in [1.807, 2.05) is 18.2 Å². The van der Waals surface area contributed by atoms with E-state index >= 15 is 0 Å². The van der Waals surface area contributed by atoms with Gasteiger partial charge in [-0.1, -0.05) is 29.8 Å². The predicted octanol–water partition coefficient (Wildman–Crippen LogP) is 3.17. The van der Waals surface area contributed by atoms with Gasteiger partial charge in [0.2, 0.25) is 6.17 Å². The molecule has 1 aliphatic rings. The van der Waals surface area contributed by atoms with Gasteiger partial charge in [0.05, 0.1) is 0 Å². The summed E-state index contributed by atoms with van der Waals surface area (Å²) >= 11 is 5.90. The molecular weight excluding hydrogens is 176 g/mol. The Labute approximate surface area is 74.0 Å². The normalized spacial score (nSPS) is 15.8. The molecule has 1 aliphatic heterocycles. The quantitative estimate of drug-likeness (QED) is 0.638. The Bertz CT molecular complexity index is 335. The van der Waals surface area contributed by atoms with E-state index in [1.54, 1.807) is 6.07 Å². The van der Waals surface area contributed by atoms with Crippen molar-refractivity contribution >= 4 is 11.6 Å². The van der Waals surface area contributed by atoms with Crippen LogP contribution in [-0.4, -0.2) is 0 Å². The van der Waals surface area contributed by atoms with E-state index < -0.39 is 0 Å². The van der Waals surface area contributed by atoms with Gasteiger partial charge in [-0.3, -0.25) is 0 Å². The summed E-state index contributed by atoms with van der Waals surface area (Å²) in [6.07, 6.45) is -0.348. The molecule has 5 heteroatoms. The molecule has 0 amide bonds. The Morgan fingerprint density at radius 2 is 1.75 bits per heavy atom. The zero-order chi connectivity index (χ0) is 8.39. The van der Waals surface area contributed by atoms with Crippen LogP contribution in [0, 0.1) is 0 Å². The highest BCUT2D eigenvalue weighted by Crippen LogP contribution is 2.29. The molecule has 2 rings (SSSR count). The molecule has 12 heavy (non-hydrogen) atoms. The lowest BCUT2D eigenvalue weighted by atomic mass is 10.2. The number of rotatable bonds is 1. The van der Waals surface area contributed by atoms with Crippen molar-refractivity contribution in [3.05, 3.63) is 34.9 Å². The minimum absolute atomic E-state index is 0.348. The van der Waals surface area contributed by atoms with Crippen molar-refractivity contribution in [3.8, 4) is 0 Å². The Morgan fingerprint density at radius 3 is 2.42 bits per heavy atom. The summed E-state index contributed by atoms with van der Waals surface area (Å²) in [5.74, 6) is 0. The van der Waals surface area contributed by atoms with Crippen molar-refractivity contribution in [2.75, 3.05) is 0 Å². The van der Waals surface area contributed by atoms with Crippen molar-refractivity contribution in [3.63, 3.8) is 0 Å². The topological polar surface area (TPSA) is 49.4 Å². The maximum Gasteiger partial charge on any atom is 0.211 e. The smallest absolute Gasteiger partial charge is 0.133 e. The maximum atomic E-state index is 5.90. The van der Waals surface area contributed by atoms with E-state index in [4.69, 9.17) is 11.6 Å². The minimum Gasteiger partial charge on any atom is -0.133 e. The van der Waals surface area contributed by atoms with Crippen LogP contribution in [-0.2, 0) is 0 Å². The first-order chi connectivity index (χ1) is 5.88. The lowest BCUT2D eigenvalue weighted by molar-refractivity contribution is 0.765. The van der Waals surface area contributed by atoms with Gasteiger partial charge in [-0.25, -0.2) is 0 Å². The molecule has 0 unspecified atom stereocenters. The van der Waals surface area contributed by atoms with E-state index in [0.29, 0.717) is 5.02 Å². The highest BCUT2D eigenvalue weighted by atomic mass is 35.5. The van der Waals surface area contributed by atoms with E-state index in [2.05, 4.69) is 20.7 Å². The average Bonchev–Trinajstić information content (AvgIpc) is 2.57. The SMILES string of the molecule is Clc1ccccc1C1N=NN=N1. The average molecular weight is 181 g/mol. The van der Waals surface area contributed by atoms with E-state index in [-0.39, 0.29) is 6.17 Å². The van der Waals surface area contributed by atoms with Crippen molar-refractivity contribution in [1.29, 1.82) is 0 Å². The molecule has 4 nitrogen and oxygen atoms in total. The summed E-state index contributed by atoms with van der Waals surface area (Å²) < 4.78 is 0. The Balaban J connectivity index is 2.39. The summed E-state index contributed by atoms with van der Waals surface area (Å²) in [6, 6.07) is 7.39. The van der Waals surface area contributed by atoms with Crippen molar-refractivity contribution < 1.29 is 0 Å². The van der Waals surface area contributed by atoms with Crippen LogP contribution in [0.4, 0.5) is 0 Å². The molecule has 1 heterocycles. The van der Waals surface area contributed by atoms with Gasteiger partial charge >= 0.3 is 0 Å². The highest BCUT2D eigenvalue weighted by Gasteiger charge is 2.14. The molecule has 0 spiro atoms. The van der Waals surface area contributed by atoms with Crippen LogP contribution >= 0.6 is 11.6 Å². The van der Waals surface area contributed by atoms with Crippen LogP contribution < -0.4 is 0 Å². The molecule has 0 fully saturated rings. The molecule has 1 aromatic carbocycles. The summed E-state index contributed by atoms with van der Waals surface area (Å²) in [5, 5.41) is 15.0. The third-order valence-electron chi connectivity index (χ3n) is 1.55. The van der Waals surface area contributed by atoms with E-state index in [0.717, 1.165) is 5.56 Å². The number of halogens is 1. The molecule has 0 bridgehead atoms. The van der Waals surface area contributed by atoms with Crippen LogP contribution in [0.25, 0.3) is 0 Å². The van der Waals surface area contributed by atoms with Gasteiger partial charge in [0, 0.05) is 10.6 Å². The van der Waals surface area contributed by atoms with E-state index in [1.165, 1.54) is 0 Å². The van der Waals surface area contributed by atoms with Gasteiger partial charge in [-0.2, -0.15) is 0 Å². The van der Waals surface area contributed by atoms with Crippen LogP contribution in [0.15, 0.2) is 44.9 Å². The molecule has 0 saturated heterocycles. The lowest BCUT2D eigenvalue weighted by Crippen LogP contribution is -1.88. The maximum absolute atomic E-state index is 5.90. The fourth-order valence-corrected chi connectivity index (χ4v) is 1.21. The number of nitrogens with zero attached hydrogens (tertiary/aromatic N) is 4. The van der Waals surface area contributed by atoms with Crippen LogP contribution in [0.5, 0.6) is 0 Å². The molecule has 0 radical (unpaired) electrons. The fraction of sp³-hybridized carbons (Fsp3) is 0.143. The number of hydrogen-bond acceptors (Lipinski definition) is 4. The molecular formula is C7H5ClN4. The second kappa shape index (κ2) is 2.98. The van der Waals surface area contributed by atoms with Gasteiger partial charge < -0.3 is 0 Å². The van der Waals surface area contributed by atoms with Gasteiger partial charge in [-0.15, -0.1) is 10.2 Å². The second-order valence-electron chi connectivity index (χ2n) is 2.31. The minimum atomic E-state index is -0.348. The molecule has 60 valence electrons. The molecule has 0 aromatic heterocycles. The summed E-state index contributed by atoms with van der Waals surface area (Å²) in [5.41, 5.74) is 0.837. The third-order valence-corrected chi connectivity index (χ3v) is 1.89. The van der Waals surface area contributed by atoms with Gasteiger partial charge in [0.25, 0.3) is 0 Å². The second-order valence-corrected chi connectivity index (χ2v) is 2.71. The summed E-state index contributed by atoms with van der Waals surface area (Å²) in [7, 11) is 0. The monoisotopic (exact) mass is 180 g/mol. The Hall–Kier alpha value is -1.29. The van der Waals surface area contributed by atoms with Crippen molar-refractivity contribution in [1.82, 2.24) is 0 Å². The lowest BCUT2D eigenvalue weighted by Gasteiger charge is -2.02. The number of benzene rings is 1. The van der Waals surface area contributed by atoms with Gasteiger partial charge in [-0.05, 0) is 16.5 Å². The van der Waals surface area contributed by atoms with Crippen LogP contribution in [0.2, 0.25) is 5.02 Å². The first-order valence-corrected chi connectivity index (χ1v) is 3.80. The standard InChI is InChI=1S/C7H5ClN4/c8-6-4-2-1-3-5(6)7-9-11-12-10-7/h1-4,7H. The fourth-order valence-electron chi connectivity index (χ4n) is 0.976. The first-order valence-electron chi connectivity index (χ1n) is 3.42. The Morgan fingerprint density at radius 1 is 1.08 bits per heavy atom. The zero-order valence-electron chi connectivity index (χ0n) is 6.05. The predicted molar refractivity (Wildman–Crippen MR) is 43.9 cm³/mol. The largest absolute Gasteiger partial charge is 0.211 e. The molecule has 0 N–H and O–H groups in total. The molecule has 0 aliphatic carbocycles. The van der Waals surface area contributed by atoms with Crippen molar-refractivity contribution in [2.24, 2.45) is 20.7 Å². The highest BCUT2D eigenvalue weighted by molar-refractivity contribution is 6.31. The van der Waals surface area contributed by atoms with Gasteiger partial charge in [0.1, 0.15) is 0 Å². The molecule has 0 atom stereocenters. The van der Waals surface area contributed by atoms with Crippen LogP contribution in [0.1, 0.15) is 11.7 Å². The summed E-state index contributed by atoms with van der Waals surface area (Å²) in [4.78, 5) is 0. The third kappa shape index (κ3) is 1.21. The van der Waals surface area contributed by atoms with Gasteiger partial charge in [0.15, 0.2) is 0 Å². The number of hydrogen-bond donors (Lipinski definition) is 0. The zero-order valence-corrected chi connectivity index (χ0v) is 6.81. The molecule has 0 saturated carbocycles. The van der Waals surface area contributed by atoms with Crippen molar-refractivity contribution in [2.45, 2.75) is 6.17 Å². The summed E-state index contributed by atoms with van der Waals surface area (Å²) in [6.45, 7) is 0. The molecule has 1 aromatic rings. The Kier molecular flexibility index (Phi) is 1.83. The van der Waals surface area contributed by atoms with Crippen LogP contribution in [0.3, 0.4) is 0 Å². The first kappa shape index (κ1) is 7.36. The van der Waals surface area contributed by atoms with E-state index in [9.17, 15) is 0 Å².